The summed E-state index contributed by atoms with van der Waals surface area (Å²) in [6, 6.07) is 11.6. The van der Waals surface area contributed by atoms with Gasteiger partial charge in [0.05, 0.1) is 17.1 Å². The Morgan fingerprint density at radius 3 is 2.85 bits per heavy atom. The smallest absolute Gasteiger partial charge is 0.239 e. The van der Waals surface area contributed by atoms with Gasteiger partial charge < -0.3 is 10.6 Å². The number of hydrogen-bond acceptors (Lipinski definition) is 4. The Hall–Kier alpha value is -2.45. The lowest BCUT2D eigenvalue weighted by Gasteiger charge is -2.37. The predicted molar refractivity (Wildman–Crippen MR) is 100 cm³/mol. The Labute approximate surface area is 153 Å². The van der Waals surface area contributed by atoms with Crippen LogP contribution in [0.3, 0.4) is 0 Å². The van der Waals surface area contributed by atoms with Gasteiger partial charge in [-0.3, -0.25) is 9.78 Å². The summed E-state index contributed by atoms with van der Waals surface area (Å²) >= 11 is 0. The summed E-state index contributed by atoms with van der Waals surface area (Å²) in [5.74, 6) is 1.05. The number of likely N-dealkylation sites (tertiary alicyclic amines) is 1. The number of nitrogens with zero attached hydrogens (tertiary/aromatic N) is 3. The third kappa shape index (κ3) is 3.17. The van der Waals surface area contributed by atoms with E-state index in [1.54, 1.807) is 6.07 Å². The molecule has 1 saturated heterocycles. The number of piperidine rings is 1. The van der Waals surface area contributed by atoms with Crippen molar-refractivity contribution >= 4 is 16.8 Å². The van der Waals surface area contributed by atoms with Crippen molar-refractivity contribution in [3.05, 3.63) is 41.6 Å². The molecular weight excluding hydrogens is 324 g/mol. The quantitative estimate of drug-likeness (QED) is 0.924. The summed E-state index contributed by atoms with van der Waals surface area (Å²) in [6.07, 6.45) is 3.14. The third-order valence-corrected chi connectivity index (χ3v) is 5.67. The Balaban J connectivity index is 1.61. The number of para-hydroxylation sites is 1. The molecule has 0 bridgehead atoms. The highest BCUT2D eigenvalue weighted by Gasteiger charge is 2.38. The first-order valence-electron chi connectivity index (χ1n) is 9.41. The Kier molecular flexibility index (Phi) is 4.37. The second-order valence-electron chi connectivity index (χ2n) is 7.87. The fourth-order valence-electron chi connectivity index (χ4n) is 4.09. The Morgan fingerprint density at radius 2 is 2.12 bits per heavy atom. The van der Waals surface area contributed by atoms with E-state index in [0.29, 0.717) is 23.9 Å². The lowest BCUT2D eigenvalue weighted by Crippen LogP contribution is -2.50. The molecule has 2 aromatic rings. The van der Waals surface area contributed by atoms with Crippen molar-refractivity contribution in [3.63, 3.8) is 0 Å². The molecule has 1 aromatic carbocycles. The molecule has 2 fully saturated rings. The van der Waals surface area contributed by atoms with Crippen LogP contribution in [0.15, 0.2) is 30.3 Å². The second kappa shape index (κ2) is 6.69. The minimum Gasteiger partial charge on any atom is -0.340 e. The molecule has 1 saturated carbocycles. The number of benzene rings is 1. The number of nitriles is 1. The first-order valence-corrected chi connectivity index (χ1v) is 9.41. The molecular formula is C21H24N4O. The zero-order valence-electron chi connectivity index (χ0n) is 15.1. The molecule has 2 heterocycles. The number of carbonyl (C=O) groups is 1. The second-order valence-corrected chi connectivity index (χ2v) is 7.87. The van der Waals surface area contributed by atoms with Gasteiger partial charge in [-0.05, 0) is 43.2 Å². The van der Waals surface area contributed by atoms with E-state index in [9.17, 15) is 10.1 Å². The minimum absolute atomic E-state index is 0.0857. The van der Waals surface area contributed by atoms with Gasteiger partial charge in [-0.25, -0.2) is 0 Å². The fraction of sp³-hybridized carbons (Fsp3) is 0.476. The number of fused-ring (bicyclic) bond motifs is 1. The van der Waals surface area contributed by atoms with Crippen molar-refractivity contribution in [1.29, 1.82) is 5.26 Å². The van der Waals surface area contributed by atoms with Gasteiger partial charge in [-0.2, -0.15) is 5.26 Å². The van der Waals surface area contributed by atoms with Crippen LogP contribution in [-0.2, 0) is 4.79 Å². The summed E-state index contributed by atoms with van der Waals surface area (Å²) in [4.78, 5) is 19.5. The number of pyridine rings is 1. The van der Waals surface area contributed by atoms with E-state index >= 15 is 0 Å². The van der Waals surface area contributed by atoms with Crippen LogP contribution in [0, 0.1) is 23.2 Å². The molecule has 2 N–H and O–H groups in total. The van der Waals surface area contributed by atoms with E-state index < -0.39 is 0 Å². The normalized spacial score (nSPS) is 24.3. The average Bonchev–Trinajstić information content (AvgIpc) is 3.50. The van der Waals surface area contributed by atoms with E-state index in [2.05, 4.69) is 13.0 Å². The SMILES string of the molecule is C[C@@H]1C[C@@H](c2ccc3cccc(C#N)c3n2)CN(C(=O)[C@@H](N)C2CC2)C1. The number of nitrogens with two attached hydrogens (primary N) is 1. The van der Waals surface area contributed by atoms with E-state index in [1.807, 2.05) is 29.2 Å². The van der Waals surface area contributed by atoms with Crippen LogP contribution in [0.1, 0.15) is 43.4 Å². The molecule has 5 heteroatoms. The lowest BCUT2D eigenvalue weighted by atomic mass is 9.87. The van der Waals surface area contributed by atoms with Gasteiger partial charge in [0.25, 0.3) is 0 Å². The minimum atomic E-state index is -0.351. The van der Waals surface area contributed by atoms with Crippen molar-refractivity contribution in [3.8, 4) is 6.07 Å². The Morgan fingerprint density at radius 1 is 1.31 bits per heavy atom. The molecule has 1 amide bonds. The standard InChI is InChI=1S/C21H24N4O/c1-13-9-17(12-25(11-13)21(26)19(23)14-5-6-14)18-8-7-15-3-2-4-16(10-22)20(15)24-18/h2-4,7-8,13-14,17,19H,5-6,9,11-12,23H2,1H3/t13-,17-,19+/m1/s1. The summed E-state index contributed by atoms with van der Waals surface area (Å²) in [7, 11) is 0. The topological polar surface area (TPSA) is 83.0 Å². The molecule has 5 nitrogen and oxygen atoms in total. The molecule has 1 aliphatic heterocycles. The molecule has 2 aliphatic rings. The monoisotopic (exact) mass is 348 g/mol. The molecule has 134 valence electrons. The van der Waals surface area contributed by atoms with Crippen molar-refractivity contribution in [1.82, 2.24) is 9.88 Å². The van der Waals surface area contributed by atoms with Crippen molar-refractivity contribution < 1.29 is 4.79 Å². The maximum Gasteiger partial charge on any atom is 0.239 e. The van der Waals surface area contributed by atoms with Crippen molar-refractivity contribution in [2.45, 2.75) is 38.1 Å². The molecule has 1 aromatic heterocycles. The fourth-order valence-corrected chi connectivity index (χ4v) is 4.09. The first kappa shape index (κ1) is 17.0. The highest BCUT2D eigenvalue weighted by Crippen LogP contribution is 2.35. The summed E-state index contributed by atoms with van der Waals surface area (Å²) < 4.78 is 0. The predicted octanol–water partition coefficient (Wildman–Crippen LogP) is 2.80. The molecule has 1 aliphatic carbocycles. The molecule has 26 heavy (non-hydrogen) atoms. The van der Waals surface area contributed by atoms with E-state index in [1.165, 1.54) is 0 Å². The van der Waals surface area contributed by atoms with Crippen LogP contribution in [0.25, 0.3) is 10.9 Å². The summed E-state index contributed by atoms with van der Waals surface area (Å²) in [5.41, 5.74) is 8.46. The molecule has 3 atom stereocenters. The zero-order chi connectivity index (χ0) is 18.3. The maximum absolute atomic E-state index is 12.8. The molecule has 0 unspecified atom stereocenters. The van der Waals surface area contributed by atoms with Gasteiger partial charge in [-0.15, -0.1) is 0 Å². The number of rotatable bonds is 3. The third-order valence-electron chi connectivity index (χ3n) is 5.67. The molecule has 0 radical (unpaired) electrons. The highest BCUT2D eigenvalue weighted by atomic mass is 16.2. The van der Waals surface area contributed by atoms with Crippen LogP contribution < -0.4 is 5.73 Å². The van der Waals surface area contributed by atoms with Gasteiger partial charge in [0.15, 0.2) is 0 Å². The van der Waals surface area contributed by atoms with E-state index in [-0.39, 0.29) is 17.9 Å². The van der Waals surface area contributed by atoms with Crippen LogP contribution >= 0.6 is 0 Å². The van der Waals surface area contributed by atoms with Gasteiger partial charge in [0, 0.05) is 30.1 Å². The average molecular weight is 348 g/mol. The summed E-state index contributed by atoms with van der Waals surface area (Å²) in [5, 5.41) is 10.3. The Bertz CT molecular complexity index is 883. The van der Waals surface area contributed by atoms with Gasteiger partial charge in [0.1, 0.15) is 6.07 Å². The van der Waals surface area contributed by atoms with E-state index in [0.717, 1.165) is 42.4 Å². The highest BCUT2D eigenvalue weighted by molar-refractivity contribution is 5.84. The zero-order valence-corrected chi connectivity index (χ0v) is 15.1. The summed E-state index contributed by atoms with van der Waals surface area (Å²) in [6.45, 7) is 3.61. The maximum atomic E-state index is 12.8. The first-order chi connectivity index (χ1) is 12.6. The van der Waals surface area contributed by atoms with Crippen molar-refractivity contribution in [2.24, 2.45) is 17.6 Å². The van der Waals surface area contributed by atoms with Crippen LogP contribution in [-0.4, -0.2) is 34.9 Å². The van der Waals surface area contributed by atoms with Gasteiger partial charge in [-0.1, -0.05) is 25.1 Å². The lowest BCUT2D eigenvalue weighted by molar-refractivity contribution is -0.135. The number of aromatic nitrogens is 1. The van der Waals surface area contributed by atoms with Gasteiger partial charge in [0.2, 0.25) is 5.91 Å². The number of hydrogen-bond donors (Lipinski definition) is 1. The van der Waals surface area contributed by atoms with E-state index in [4.69, 9.17) is 10.7 Å². The van der Waals surface area contributed by atoms with Crippen LogP contribution in [0.2, 0.25) is 0 Å². The molecule has 4 rings (SSSR count). The largest absolute Gasteiger partial charge is 0.340 e. The van der Waals surface area contributed by atoms with Crippen molar-refractivity contribution in [2.75, 3.05) is 13.1 Å². The van der Waals surface area contributed by atoms with Gasteiger partial charge >= 0.3 is 0 Å². The number of amides is 1. The van der Waals surface area contributed by atoms with Crippen LogP contribution in [0.4, 0.5) is 0 Å². The van der Waals surface area contributed by atoms with Crippen LogP contribution in [0.5, 0.6) is 0 Å². The number of carbonyl (C=O) groups excluding carboxylic acids is 1. The molecule has 0 spiro atoms.